The summed E-state index contributed by atoms with van der Waals surface area (Å²) in [7, 11) is 0. The molecule has 0 fully saturated rings. The SMILES string of the molecule is c1ccc(-n2c3ccccc3c3cc(-c4c5ccccc5c(-c5ccc6sc7c(-c8c9ccccc9c(-c9ccc%10c(c9)c9ccccc9n%10-c9ccccc9)c9ccccc89)cccc7c6c5)c5ccccc45)ccc32)cc1. The van der Waals surface area contributed by atoms with Crippen LogP contribution in [0.2, 0.25) is 0 Å². The van der Waals surface area contributed by atoms with Gasteiger partial charge in [0.05, 0.1) is 22.1 Å². The molecule has 79 heavy (non-hydrogen) atoms. The Morgan fingerprint density at radius 1 is 0.215 bits per heavy atom. The molecule has 0 spiro atoms. The van der Waals surface area contributed by atoms with E-state index in [0.29, 0.717) is 0 Å². The van der Waals surface area contributed by atoms with Crippen molar-refractivity contribution in [1.29, 1.82) is 0 Å². The summed E-state index contributed by atoms with van der Waals surface area (Å²) >= 11 is 1.91. The Bertz CT molecular complexity index is 5250. The third-order valence-electron chi connectivity index (χ3n) is 16.9. The molecule has 17 rings (SSSR count). The molecule has 0 atom stereocenters. The third kappa shape index (κ3) is 6.51. The molecule has 0 amide bonds. The molecule has 0 unspecified atom stereocenters. The van der Waals surface area contributed by atoms with E-state index in [1.54, 1.807) is 0 Å². The molecule has 0 saturated carbocycles. The highest BCUT2D eigenvalue weighted by atomic mass is 32.1. The lowest BCUT2D eigenvalue weighted by atomic mass is 9.85. The Morgan fingerprint density at radius 3 is 0.975 bits per heavy atom. The minimum atomic E-state index is 1.17. The zero-order valence-electron chi connectivity index (χ0n) is 42.9. The van der Waals surface area contributed by atoms with Gasteiger partial charge in [0, 0.05) is 58.7 Å². The largest absolute Gasteiger partial charge is 0.309 e. The molecule has 14 aromatic carbocycles. The van der Waals surface area contributed by atoms with E-state index in [2.05, 4.69) is 288 Å². The van der Waals surface area contributed by atoms with Gasteiger partial charge in [-0.25, -0.2) is 0 Å². The predicted molar refractivity (Wildman–Crippen MR) is 340 cm³/mol. The van der Waals surface area contributed by atoms with Gasteiger partial charge >= 0.3 is 0 Å². The molecule has 3 heteroatoms. The van der Waals surface area contributed by atoms with Crippen molar-refractivity contribution >= 4 is 118 Å². The lowest BCUT2D eigenvalue weighted by molar-refractivity contribution is 1.18. The summed E-state index contributed by atoms with van der Waals surface area (Å²) in [4.78, 5) is 0. The summed E-state index contributed by atoms with van der Waals surface area (Å²) in [5.74, 6) is 0. The van der Waals surface area contributed by atoms with Crippen molar-refractivity contribution in [2.75, 3.05) is 0 Å². The molecule has 366 valence electrons. The third-order valence-corrected chi connectivity index (χ3v) is 18.1. The molecule has 0 aliphatic heterocycles. The fraction of sp³-hybridized carbons (Fsp3) is 0. The highest BCUT2D eigenvalue weighted by Gasteiger charge is 2.23. The van der Waals surface area contributed by atoms with Crippen LogP contribution in [0.3, 0.4) is 0 Å². The molecule has 3 heterocycles. The van der Waals surface area contributed by atoms with E-state index < -0.39 is 0 Å². The molecular weight excluding hydrogens is 973 g/mol. The maximum absolute atomic E-state index is 2.47. The number of benzene rings is 14. The van der Waals surface area contributed by atoms with Crippen LogP contribution in [-0.2, 0) is 0 Å². The van der Waals surface area contributed by atoms with E-state index in [9.17, 15) is 0 Å². The minimum Gasteiger partial charge on any atom is -0.309 e. The highest BCUT2D eigenvalue weighted by Crippen LogP contribution is 2.51. The van der Waals surface area contributed by atoms with Crippen LogP contribution in [0.25, 0.3) is 163 Å². The lowest BCUT2D eigenvalue weighted by Gasteiger charge is -2.18. The maximum atomic E-state index is 2.47. The number of nitrogens with zero attached hydrogens (tertiary/aromatic N) is 2. The van der Waals surface area contributed by atoms with Gasteiger partial charge in [0.1, 0.15) is 0 Å². The van der Waals surface area contributed by atoms with Gasteiger partial charge in [-0.2, -0.15) is 0 Å². The summed E-state index contributed by atoms with van der Waals surface area (Å²) in [5, 5.41) is 17.6. The Balaban J connectivity index is 0.839. The van der Waals surface area contributed by atoms with Gasteiger partial charge in [-0.05, 0) is 155 Å². The van der Waals surface area contributed by atoms with Crippen LogP contribution in [0, 0.1) is 0 Å². The molecule has 0 N–H and O–H groups in total. The van der Waals surface area contributed by atoms with Crippen LogP contribution in [0.1, 0.15) is 0 Å². The number of hydrogen-bond acceptors (Lipinski definition) is 1. The van der Waals surface area contributed by atoms with Crippen LogP contribution in [-0.4, -0.2) is 9.13 Å². The first-order chi connectivity index (χ1) is 39.2. The first-order valence-electron chi connectivity index (χ1n) is 27.2. The van der Waals surface area contributed by atoms with Crippen molar-refractivity contribution in [3.63, 3.8) is 0 Å². The average molecular weight is 1020 g/mol. The van der Waals surface area contributed by atoms with Gasteiger partial charge in [-0.15, -0.1) is 11.3 Å². The average Bonchev–Trinajstić information content (AvgIpc) is 4.37. The predicted octanol–water partition coefficient (Wildman–Crippen LogP) is 21.5. The molecule has 0 aliphatic rings. The van der Waals surface area contributed by atoms with Crippen molar-refractivity contribution < 1.29 is 0 Å². The molecular formula is C76H46N2S. The first kappa shape index (κ1) is 44.1. The van der Waals surface area contributed by atoms with Gasteiger partial charge in [-0.1, -0.05) is 206 Å². The Kier molecular flexibility index (Phi) is 9.62. The smallest absolute Gasteiger partial charge is 0.0541 e. The summed E-state index contributed by atoms with van der Waals surface area (Å²) in [6, 6.07) is 104. The number of para-hydroxylation sites is 4. The molecule has 17 aromatic rings. The Hall–Kier alpha value is -10.1. The molecule has 0 bridgehead atoms. The van der Waals surface area contributed by atoms with Gasteiger partial charge in [0.2, 0.25) is 0 Å². The fourth-order valence-electron chi connectivity index (χ4n) is 13.6. The molecule has 2 nitrogen and oxygen atoms in total. The van der Waals surface area contributed by atoms with Gasteiger partial charge in [0.25, 0.3) is 0 Å². The molecule has 0 aliphatic carbocycles. The van der Waals surface area contributed by atoms with Crippen LogP contribution in [0.5, 0.6) is 0 Å². The minimum absolute atomic E-state index is 1.17. The molecule has 3 aromatic heterocycles. The van der Waals surface area contributed by atoms with E-state index >= 15 is 0 Å². The molecule has 0 radical (unpaired) electrons. The van der Waals surface area contributed by atoms with Crippen molar-refractivity contribution in [3.05, 3.63) is 279 Å². The molecule has 0 saturated heterocycles. The van der Waals surface area contributed by atoms with E-state index in [1.807, 2.05) is 11.3 Å². The van der Waals surface area contributed by atoms with Gasteiger partial charge < -0.3 is 9.13 Å². The van der Waals surface area contributed by atoms with Crippen molar-refractivity contribution in [2.45, 2.75) is 0 Å². The standard InChI is InChI=1S/C76H46N2S/c1-3-20-50(21-4-1)77-67-36-17-15-24-52(67)64-44-47(38-41-69(64)77)72-54-26-7-9-28-56(54)74(57-29-10-8-27-55(57)72)49-40-43-71-66(46-49)62-34-19-35-63(76(62)79-71)75-60-32-13-11-30-58(60)73(59-31-12-14-33-61(59)75)48-39-42-70-65(45-48)53-25-16-18-37-68(53)78(70)51-22-5-2-6-23-51/h1-46H. The van der Waals surface area contributed by atoms with E-state index in [4.69, 9.17) is 0 Å². The number of hydrogen-bond donors (Lipinski definition) is 0. The summed E-state index contributed by atoms with van der Waals surface area (Å²) < 4.78 is 7.39. The summed E-state index contributed by atoms with van der Waals surface area (Å²) in [5.41, 5.74) is 17.2. The highest BCUT2D eigenvalue weighted by molar-refractivity contribution is 7.26. The Morgan fingerprint density at radius 2 is 0.544 bits per heavy atom. The van der Waals surface area contributed by atoms with E-state index in [-0.39, 0.29) is 0 Å². The summed E-state index contributed by atoms with van der Waals surface area (Å²) in [6.07, 6.45) is 0. The number of thiophene rings is 1. The first-order valence-corrected chi connectivity index (χ1v) is 28.1. The van der Waals surface area contributed by atoms with E-state index in [0.717, 1.165) is 0 Å². The second-order valence-corrected chi connectivity index (χ2v) is 22.1. The van der Waals surface area contributed by atoms with E-state index in [1.165, 1.54) is 163 Å². The van der Waals surface area contributed by atoms with Gasteiger partial charge in [0.15, 0.2) is 0 Å². The number of rotatable bonds is 6. The lowest BCUT2D eigenvalue weighted by Crippen LogP contribution is -1.93. The van der Waals surface area contributed by atoms with Crippen LogP contribution in [0.15, 0.2) is 279 Å². The monoisotopic (exact) mass is 1020 g/mol. The zero-order valence-corrected chi connectivity index (χ0v) is 43.7. The van der Waals surface area contributed by atoms with Crippen molar-refractivity contribution in [3.8, 4) is 55.9 Å². The fourth-order valence-corrected chi connectivity index (χ4v) is 14.8. The second kappa shape index (κ2) is 17.2. The van der Waals surface area contributed by atoms with Gasteiger partial charge in [-0.3, -0.25) is 0 Å². The van der Waals surface area contributed by atoms with Crippen LogP contribution < -0.4 is 0 Å². The maximum Gasteiger partial charge on any atom is 0.0541 e. The normalized spacial score (nSPS) is 12.1. The number of fused-ring (bicyclic) bond motifs is 13. The van der Waals surface area contributed by atoms with Crippen LogP contribution in [0.4, 0.5) is 0 Å². The van der Waals surface area contributed by atoms with Crippen LogP contribution >= 0.6 is 11.3 Å². The Labute approximate surface area is 459 Å². The topological polar surface area (TPSA) is 9.86 Å². The van der Waals surface area contributed by atoms with Crippen molar-refractivity contribution in [1.82, 2.24) is 9.13 Å². The van der Waals surface area contributed by atoms with Crippen molar-refractivity contribution in [2.24, 2.45) is 0 Å². The number of aromatic nitrogens is 2. The second-order valence-electron chi connectivity index (χ2n) is 21.0. The quantitative estimate of drug-likeness (QED) is 0.147. The summed E-state index contributed by atoms with van der Waals surface area (Å²) in [6.45, 7) is 0. The zero-order chi connectivity index (χ0) is 51.7.